The van der Waals surface area contributed by atoms with E-state index in [0.29, 0.717) is 19.6 Å². The van der Waals surface area contributed by atoms with E-state index in [4.69, 9.17) is 10.5 Å². The monoisotopic (exact) mass is 223 g/mol. The van der Waals surface area contributed by atoms with E-state index in [2.05, 4.69) is 0 Å². The Morgan fingerprint density at radius 2 is 2.31 bits per heavy atom. The molecule has 0 unspecified atom stereocenters. The molecule has 0 bridgehead atoms. The summed E-state index contributed by atoms with van der Waals surface area (Å²) in [6.45, 7) is 2.88. The second-order valence-electron chi connectivity index (χ2n) is 2.63. The molecule has 2 N–H and O–H groups in total. The summed E-state index contributed by atoms with van der Waals surface area (Å²) in [5.41, 5.74) is 5.33. The van der Waals surface area contributed by atoms with E-state index in [1.165, 1.54) is 0 Å². The molecule has 0 aliphatic heterocycles. The number of hydrogen-bond acceptors (Lipinski definition) is 5. The summed E-state index contributed by atoms with van der Waals surface area (Å²) in [6.07, 6.45) is 2.71. The summed E-state index contributed by atoms with van der Waals surface area (Å²) >= 11 is 0. The van der Waals surface area contributed by atoms with E-state index in [0.717, 1.165) is 5.75 Å². The summed E-state index contributed by atoms with van der Waals surface area (Å²) in [7, 11) is 3.37. The molecule has 78 valence electrons. The summed E-state index contributed by atoms with van der Waals surface area (Å²) in [4.78, 5) is 11.2. The van der Waals surface area contributed by atoms with Crippen molar-refractivity contribution in [3.05, 3.63) is 0 Å². The third kappa shape index (κ3) is 7.22. The molecule has 0 heterocycles. The van der Waals surface area contributed by atoms with Gasteiger partial charge in [-0.25, -0.2) is 0 Å². The van der Waals surface area contributed by atoms with Crippen molar-refractivity contribution in [2.45, 2.75) is 13.3 Å². The maximum Gasteiger partial charge on any atom is 0.308 e. The highest BCUT2D eigenvalue weighted by Gasteiger charge is 2.12. The van der Waals surface area contributed by atoms with Gasteiger partial charge in [0.1, 0.15) is 6.61 Å². The molecule has 3 nitrogen and oxygen atoms in total. The fourth-order valence-electron chi connectivity index (χ4n) is 0.770. The Balaban J connectivity index is 3.38. The van der Waals surface area contributed by atoms with Crippen LogP contribution < -0.4 is 5.73 Å². The smallest absolute Gasteiger partial charge is 0.308 e. The van der Waals surface area contributed by atoms with Gasteiger partial charge in [-0.15, -0.1) is 0 Å². The Labute approximate surface area is 87.6 Å². The van der Waals surface area contributed by atoms with Gasteiger partial charge in [0, 0.05) is 5.75 Å². The van der Waals surface area contributed by atoms with Crippen molar-refractivity contribution in [2.75, 3.05) is 25.2 Å². The minimum Gasteiger partial charge on any atom is -0.465 e. The van der Waals surface area contributed by atoms with Crippen LogP contribution in [0.15, 0.2) is 0 Å². The van der Waals surface area contributed by atoms with Crippen LogP contribution in [0.2, 0.25) is 0 Å². The number of nitrogens with two attached hydrogens (primary N) is 1. The molecule has 0 rings (SSSR count). The fourth-order valence-corrected chi connectivity index (χ4v) is 1.79. The standard InChI is InChI=1S/C8H17NO2S2/c1-7(3-4-9)8(10)11-5-6-13-12-2/h7H,3-6,9H2,1-2H3/t7-/m0/s1. The largest absolute Gasteiger partial charge is 0.465 e. The van der Waals surface area contributed by atoms with Crippen LogP contribution in [0, 0.1) is 5.92 Å². The van der Waals surface area contributed by atoms with Gasteiger partial charge >= 0.3 is 5.97 Å². The van der Waals surface area contributed by atoms with Crippen molar-refractivity contribution in [3.8, 4) is 0 Å². The molecule has 0 aliphatic carbocycles. The quantitative estimate of drug-likeness (QED) is 0.403. The van der Waals surface area contributed by atoms with Crippen molar-refractivity contribution in [1.29, 1.82) is 0 Å². The van der Waals surface area contributed by atoms with E-state index < -0.39 is 0 Å². The highest BCUT2D eigenvalue weighted by atomic mass is 33.1. The molecule has 0 radical (unpaired) electrons. The van der Waals surface area contributed by atoms with E-state index in [1.807, 2.05) is 13.2 Å². The SMILES string of the molecule is CSSCCOC(=O)[C@@H](C)CCN. The Kier molecular flexibility index (Phi) is 8.80. The number of ether oxygens (including phenoxy) is 1. The number of esters is 1. The normalized spacial score (nSPS) is 12.5. The molecule has 0 amide bonds. The van der Waals surface area contributed by atoms with Gasteiger partial charge in [0.2, 0.25) is 0 Å². The summed E-state index contributed by atoms with van der Waals surface area (Å²) in [5.74, 6) is 0.652. The molecular formula is C8H17NO2S2. The van der Waals surface area contributed by atoms with Gasteiger partial charge in [0.05, 0.1) is 5.92 Å². The predicted octanol–water partition coefficient (Wildman–Crippen LogP) is 1.53. The highest BCUT2D eigenvalue weighted by Crippen LogP contribution is 2.15. The number of hydrogen-bond donors (Lipinski definition) is 1. The molecule has 0 aliphatic rings. The molecule has 0 fully saturated rings. The Hall–Kier alpha value is 0.130. The van der Waals surface area contributed by atoms with E-state index in [-0.39, 0.29) is 11.9 Å². The third-order valence-electron chi connectivity index (χ3n) is 1.53. The highest BCUT2D eigenvalue weighted by molar-refractivity contribution is 8.76. The lowest BCUT2D eigenvalue weighted by atomic mass is 10.1. The second kappa shape index (κ2) is 8.72. The number of carbonyl (C=O) groups is 1. The average Bonchev–Trinajstić information content (AvgIpc) is 2.12. The van der Waals surface area contributed by atoms with Crippen molar-refractivity contribution < 1.29 is 9.53 Å². The molecular weight excluding hydrogens is 206 g/mol. The van der Waals surface area contributed by atoms with Gasteiger partial charge in [-0.3, -0.25) is 4.79 Å². The zero-order valence-corrected chi connectivity index (χ0v) is 9.75. The molecule has 5 heteroatoms. The zero-order valence-electron chi connectivity index (χ0n) is 8.12. The first kappa shape index (κ1) is 13.1. The molecule has 0 aromatic rings. The molecule has 0 saturated heterocycles. The van der Waals surface area contributed by atoms with Gasteiger partial charge in [0.25, 0.3) is 0 Å². The minimum absolute atomic E-state index is 0.0655. The Morgan fingerprint density at radius 1 is 1.62 bits per heavy atom. The lowest BCUT2D eigenvalue weighted by Gasteiger charge is -2.09. The van der Waals surface area contributed by atoms with Crippen LogP contribution in [0.3, 0.4) is 0 Å². The van der Waals surface area contributed by atoms with Crippen LogP contribution in [0.5, 0.6) is 0 Å². The van der Waals surface area contributed by atoms with Crippen LogP contribution in [-0.4, -0.2) is 31.1 Å². The summed E-state index contributed by atoms with van der Waals surface area (Å²) < 4.78 is 5.03. The van der Waals surface area contributed by atoms with Crippen LogP contribution in [0.25, 0.3) is 0 Å². The van der Waals surface area contributed by atoms with Crippen molar-refractivity contribution in [2.24, 2.45) is 11.7 Å². The lowest BCUT2D eigenvalue weighted by molar-refractivity contribution is -0.147. The Morgan fingerprint density at radius 3 is 2.85 bits per heavy atom. The van der Waals surface area contributed by atoms with Gasteiger partial charge in [-0.1, -0.05) is 28.5 Å². The molecule has 0 aromatic heterocycles. The van der Waals surface area contributed by atoms with Crippen molar-refractivity contribution >= 4 is 27.6 Å². The van der Waals surface area contributed by atoms with E-state index in [9.17, 15) is 4.79 Å². The molecule has 0 aromatic carbocycles. The average molecular weight is 223 g/mol. The second-order valence-corrected chi connectivity index (χ2v) is 5.32. The van der Waals surface area contributed by atoms with Gasteiger partial charge in [-0.05, 0) is 19.2 Å². The summed E-state index contributed by atoms with van der Waals surface area (Å²) in [6, 6.07) is 0. The van der Waals surface area contributed by atoms with Crippen molar-refractivity contribution in [1.82, 2.24) is 0 Å². The van der Waals surface area contributed by atoms with E-state index in [1.54, 1.807) is 21.6 Å². The van der Waals surface area contributed by atoms with Gasteiger partial charge < -0.3 is 10.5 Å². The van der Waals surface area contributed by atoms with E-state index >= 15 is 0 Å². The van der Waals surface area contributed by atoms with Gasteiger partial charge in [-0.2, -0.15) is 0 Å². The third-order valence-corrected chi connectivity index (χ3v) is 3.31. The van der Waals surface area contributed by atoms with Crippen LogP contribution in [-0.2, 0) is 9.53 Å². The first-order chi connectivity index (χ1) is 6.22. The maximum atomic E-state index is 11.2. The number of rotatable bonds is 7. The predicted molar refractivity (Wildman–Crippen MR) is 59.8 cm³/mol. The molecule has 0 saturated carbocycles. The lowest BCUT2D eigenvalue weighted by Crippen LogP contribution is -2.19. The molecule has 1 atom stereocenters. The maximum absolute atomic E-state index is 11.2. The summed E-state index contributed by atoms with van der Waals surface area (Å²) in [5, 5.41) is 0. The Bertz CT molecular complexity index is 144. The number of carbonyl (C=O) groups excluding carboxylic acids is 1. The van der Waals surface area contributed by atoms with Crippen LogP contribution in [0.4, 0.5) is 0 Å². The zero-order chi connectivity index (χ0) is 10.1. The first-order valence-corrected chi connectivity index (χ1v) is 6.97. The van der Waals surface area contributed by atoms with Crippen molar-refractivity contribution in [3.63, 3.8) is 0 Å². The topological polar surface area (TPSA) is 52.3 Å². The first-order valence-electron chi connectivity index (χ1n) is 4.24. The van der Waals surface area contributed by atoms with Crippen LogP contribution in [0.1, 0.15) is 13.3 Å². The fraction of sp³-hybridized carbons (Fsp3) is 0.875. The van der Waals surface area contributed by atoms with Crippen LogP contribution >= 0.6 is 21.6 Å². The molecule has 13 heavy (non-hydrogen) atoms. The molecule has 0 spiro atoms. The van der Waals surface area contributed by atoms with Gasteiger partial charge in [0.15, 0.2) is 0 Å². The minimum atomic E-state index is -0.132.